The van der Waals surface area contributed by atoms with Gasteiger partial charge in [0.05, 0.1) is 23.0 Å². The van der Waals surface area contributed by atoms with E-state index in [-0.39, 0.29) is 18.2 Å². The van der Waals surface area contributed by atoms with Crippen LogP contribution in [0.4, 0.5) is 10.6 Å². The van der Waals surface area contributed by atoms with E-state index in [1.54, 1.807) is 0 Å². The summed E-state index contributed by atoms with van der Waals surface area (Å²) in [4.78, 5) is 26.7. The second kappa shape index (κ2) is 7.05. The molecule has 4 heterocycles. The fourth-order valence-corrected chi connectivity index (χ4v) is 5.41. The first-order valence-electron chi connectivity index (χ1n) is 10.7. The SMILES string of the molecule is Cc1nc(N2C[C@H]3CC[C@@H](C2)N3C(=O)OC(C)(C)C)c2c(cc(Br)c3nn(C)cc32)n1. The van der Waals surface area contributed by atoms with Gasteiger partial charge in [0, 0.05) is 36.2 Å². The third-order valence-corrected chi connectivity index (χ3v) is 6.61. The molecule has 164 valence electrons. The van der Waals surface area contributed by atoms with Crippen molar-refractivity contribution >= 4 is 49.6 Å². The Hall–Kier alpha value is -2.42. The molecular formula is C22H27BrN6O2. The number of rotatable bonds is 1. The lowest BCUT2D eigenvalue weighted by atomic mass is 10.1. The normalized spacial score (nSPS) is 21.4. The first kappa shape index (κ1) is 20.5. The van der Waals surface area contributed by atoms with Crippen molar-refractivity contribution in [2.24, 2.45) is 7.05 Å². The first-order valence-corrected chi connectivity index (χ1v) is 11.5. The average molecular weight is 487 g/mol. The molecule has 0 spiro atoms. The Bertz CT molecular complexity index is 1190. The molecule has 0 radical (unpaired) electrons. The molecule has 0 N–H and O–H groups in total. The fourth-order valence-electron chi connectivity index (χ4n) is 4.90. The Balaban J connectivity index is 1.56. The van der Waals surface area contributed by atoms with Gasteiger partial charge >= 0.3 is 6.09 Å². The summed E-state index contributed by atoms with van der Waals surface area (Å²) < 4.78 is 8.44. The molecule has 2 saturated heterocycles. The first-order chi connectivity index (χ1) is 14.6. The summed E-state index contributed by atoms with van der Waals surface area (Å²) >= 11 is 3.65. The van der Waals surface area contributed by atoms with Crippen LogP contribution in [0.5, 0.6) is 0 Å². The van der Waals surface area contributed by atoms with Crippen molar-refractivity contribution in [2.75, 3.05) is 18.0 Å². The van der Waals surface area contributed by atoms with Gasteiger partial charge in [-0.15, -0.1) is 0 Å². The molecule has 31 heavy (non-hydrogen) atoms. The van der Waals surface area contributed by atoms with Gasteiger partial charge in [-0.3, -0.25) is 9.58 Å². The van der Waals surface area contributed by atoms with E-state index in [4.69, 9.17) is 14.7 Å². The van der Waals surface area contributed by atoms with Crippen LogP contribution in [0.25, 0.3) is 21.8 Å². The molecule has 1 amide bonds. The summed E-state index contributed by atoms with van der Waals surface area (Å²) in [7, 11) is 1.92. The molecule has 0 unspecified atom stereocenters. The molecule has 5 rings (SSSR count). The maximum Gasteiger partial charge on any atom is 0.410 e. The number of piperazine rings is 1. The summed E-state index contributed by atoms with van der Waals surface area (Å²) in [6, 6.07) is 2.27. The smallest absolute Gasteiger partial charge is 0.410 e. The molecule has 2 aromatic heterocycles. The molecule has 2 bridgehead atoms. The highest BCUT2D eigenvalue weighted by Gasteiger charge is 2.45. The van der Waals surface area contributed by atoms with Crippen LogP contribution in [-0.4, -0.2) is 61.5 Å². The van der Waals surface area contributed by atoms with E-state index in [1.807, 2.05) is 56.6 Å². The van der Waals surface area contributed by atoms with Gasteiger partial charge in [-0.1, -0.05) is 0 Å². The standard InChI is InChI=1S/C22H27BrN6O2/c1-12-24-17-8-16(23)19-15(11-27(5)26-19)18(17)20(25-12)28-9-13-6-7-14(10-28)29(13)21(30)31-22(2,3)4/h8,11,13-14H,6-7,9-10H2,1-5H3/t13-,14+. The quantitative estimate of drug-likeness (QED) is 0.513. The predicted molar refractivity (Wildman–Crippen MR) is 123 cm³/mol. The van der Waals surface area contributed by atoms with Crippen molar-refractivity contribution in [3.8, 4) is 0 Å². The molecule has 9 heteroatoms. The van der Waals surface area contributed by atoms with Crippen molar-refractivity contribution in [1.29, 1.82) is 0 Å². The number of ether oxygens (including phenoxy) is 1. The van der Waals surface area contributed by atoms with Crippen LogP contribution < -0.4 is 4.90 Å². The van der Waals surface area contributed by atoms with E-state index in [0.29, 0.717) is 0 Å². The van der Waals surface area contributed by atoms with Gasteiger partial charge in [0.2, 0.25) is 0 Å². The molecule has 2 aliphatic rings. The average Bonchev–Trinajstić information content (AvgIpc) is 3.17. The minimum absolute atomic E-state index is 0.124. The van der Waals surface area contributed by atoms with Gasteiger partial charge in [0.15, 0.2) is 0 Å². The summed E-state index contributed by atoms with van der Waals surface area (Å²) in [5, 5.41) is 6.66. The zero-order chi connectivity index (χ0) is 22.1. The number of halogens is 1. The Kier molecular flexibility index (Phi) is 4.66. The number of aromatic nitrogens is 4. The van der Waals surface area contributed by atoms with Gasteiger partial charge in [0.25, 0.3) is 0 Å². The number of fused-ring (bicyclic) bond motifs is 5. The van der Waals surface area contributed by atoms with E-state index in [9.17, 15) is 4.79 Å². The molecule has 0 saturated carbocycles. The largest absolute Gasteiger partial charge is 0.444 e. The zero-order valence-corrected chi connectivity index (χ0v) is 20.1. The molecule has 2 atom stereocenters. The van der Waals surface area contributed by atoms with E-state index in [0.717, 1.165) is 63.9 Å². The van der Waals surface area contributed by atoms with Gasteiger partial charge in [0.1, 0.15) is 22.8 Å². The van der Waals surface area contributed by atoms with Gasteiger partial charge in [-0.2, -0.15) is 5.10 Å². The monoisotopic (exact) mass is 486 g/mol. The second-order valence-corrected chi connectivity index (χ2v) is 10.4. The number of nitrogens with zero attached hydrogens (tertiary/aromatic N) is 6. The number of hydrogen-bond donors (Lipinski definition) is 0. The molecular weight excluding hydrogens is 460 g/mol. The molecule has 0 aliphatic carbocycles. The van der Waals surface area contributed by atoms with Crippen LogP contribution in [0, 0.1) is 6.92 Å². The van der Waals surface area contributed by atoms with E-state index in [2.05, 4.69) is 25.9 Å². The lowest BCUT2D eigenvalue weighted by molar-refractivity contribution is 0.0123. The Morgan fingerprint density at radius 1 is 1.19 bits per heavy atom. The highest BCUT2D eigenvalue weighted by atomic mass is 79.9. The minimum atomic E-state index is -0.493. The summed E-state index contributed by atoms with van der Waals surface area (Å²) in [6.07, 6.45) is 3.78. The fraction of sp³-hybridized carbons (Fsp3) is 0.545. The second-order valence-electron chi connectivity index (χ2n) is 9.59. The number of benzene rings is 1. The number of carbonyl (C=O) groups is 1. The van der Waals surface area contributed by atoms with Crippen LogP contribution in [0.15, 0.2) is 16.7 Å². The maximum absolute atomic E-state index is 12.8. The lowest BCUT2D eigenvalue weighted by Crippen LogP contribution is -2.57. The summed E-state index contributed by atoms with van der Waals surface area (Å²) in [6.45, 7) is 9.14. The van der Waals surface area contributed by atoms with Crippen LogP contribution in [0.1, 0.15) is 39.4 Å². The van der Waals surface area contributed by atoms with Crippen molar-refractivity contribution < 1.29 is 9.53 Å². The number of aryl methyl sites for hydroxylation is 2. The Morgan fingerprint density at radius 3 is 2.52 bits per heavy atom. The molecule has 3 aromatic rings. The maximum atomic E-state index is 12.8. The Morgan fingerprint density at radius 2 is 1.87 bits per heavy atom. The number of anilines is 1. The van der Waals surface area contributed by atoms with E-state index in [1.165, 1.54) is 0 Å². The summed E-state index contributed by atoms with van der Waals surface area (Å²) in [5.74, 6) is 1.66. The third kappa shape index (κ3) is 3.52. The molecule has 8 nitrogen and oxygen atoms in total. The highest BCUT2D eigenvalue weighted by Crippen LogP contribution is 2.39. The number of amides is 1. The predicted octanol–water partition coefficient (Wildman–Crippen LogP) is 4.18. The van der Waals surface area contributed by atoms with E-state index < -0.39 is 5.60 Å². The van der Waals surface area contributed by atoms with Gasteiger partial charge in [-0.25, -0.2) is 14.8 Å². The van der Waals surface area contributed by atoms with Crippen LogP contribution in [0.2, 0.25) is 0 Å². The van der Waals surface area contributed by atoms with Crippen LogP contribution >= 0.6 is 15.9 Å². The highest BCUT2D eigenvalue weighted by molar-refractivity contribution is 9.10. The van der Waals surface area contributed by atoms with Gasteiger partial charge in [-0.05, 0) is 62.5 Å². The van der Waals surface area contributed by atoms with Gasteiger partial charge < -0.3 is 9.64 Å². The van der Waals surface area contributed by atoms with Crippen molar-refractivity contribution in [3.63, 3.8) is 0 Å². The third-order valence-electron chi connectivity index (χ3n) is 6.00. The molecule has 2 aliphatic heterocycles. The molecule has 2 fully saturated rings. The Labute approximate surface area is 189 Å². The number of hydrogen-bond acceptors (Lipinski definition) is 6. The van der Waals surface area contributed by atoms with E-state index >= 15 is 0 Å². The topological polar surface area (TPSA) is 76.4 Å². The van der Waals surface area contributed by atoms with Crippen molar-refractivity contribution in [1.82, 2.24) is 24.6 Å². The van der Waals surface area contributed by atoms with Crippen LogP contribution in [0.3, 0.4) is 0 Å². The zero-order valence-electron chi connectivity index (χ0n) is 18.5. The van der Waals surface area contributed by atoms with Crippen molar-refractivity contribution in [2.45, 2.75) is 58.2 Å². The summed E-state index contributed by atoms with van der Waals surface area (Å²) in [5.41, 5.74) is 1.31. The minimum Gasteiger partial charge on any atom is -0.444 e. The van der Waals surface area contributed by atoms with Crippen molar-refractivity contribution in [3.05, 3.63) is 22.6 Å². The number of carbonyl (C=O) groups excluding carboxylic acids is 1. The lowest BCUT2D eigenvalue weighted by Gasteiger charge is -2.42. The van der Waals surface area contributed by atoms with Crippen LogP contribution in [-0.2, 0) is 11.8 Å². The molecule has 1 aromatic carbocycles.